The summed E-state index contributed by atoms with van der Waals surface area (Å²) in [5.74, 6) is 2.06. The highest BCUT2D eigenvalue weighted by Gasteiger charge is 2.27. The maximum Gasteiger partial charge on any atom is 0.291 e. The van der Waals surface area contributed by atoms with E-state index < -0.39 is 0 Å². The van der Waals surface area contributed by atoms with Gasteiger partial charge >= 0.3 is 0 Å². The molecule has 0 bridgehead atoms. The zero-order valence-corrected chi connectivity index (χ0v) is 17.6. The number of carbonyl (C=O) groups excluding carboxylic acids is 1. The van der Waals surface area contributed by atoms with Gasteiger partial charge in [-0.1, -0.05) is 26.7 Å². The van der Waals surface area contributed by atoms with Crippen LogP contribution < -0.4 is 10.9 Å². The zero-order valence-electron chi connectivity index (χ0n) is 16.8. The van der Waals surface area contributed by atoms with Crippen LogP contribution in [0.5, 0.6) is 0 Å². The number of aryl methyl sites for hydroxylation is 2. The van der Waals surface area contributed by atoms with E-state index in [2.05, 4.69) is 24.3 Å². The van der Waals surface area contributed by atoms with Gasteiger partial charge in [-0.3, -0.25) is 14.0 Å². The van der Waals surface area contributed by atoms with Gasteiger partial charge in [-0.25, -0.2) is 4.68 Å². The van der Waals surface area contributed by atoms with Crippen molar-refractivity contribution in [2.75, 3.05) is 0 Å². The van der Waals surface area contributed by atoms with Crippen LogP contribution in [0, 0.1) is 18.8 Å². The molecular weight excluding hydrogens is 372 g/mol. The molecule has 6 nitrogen and oxygen atoms in total. The summed E-state index contributed by atoms with van der Waals surface area (Å²) in [7, 11) is 0. The van der Waals surface area contributed by atoms with Gasteiger partial charge in [0.1, 0.15) is 11.3 Å². The van der Waals surface area contributed by atoms with Crippen molar-refractivity contribution in [1.82, 2.24) is 19.5 Å². The number of nitrogens with zero attached hydrogens (tertiary/aromatic N) is 3. The topological polar surface area (TPSA) is 68.4 Å². The number of fused-ring (bicyclic) bond motifs is 3. The highest BCUT2D eigenvalue weighted by Crippen LogP contribution is 2.29. The number of amides is 1. The summed E-state index contributed by atoms with van der Waals surface area (Å²) in [6.07, 6.45) is 4.54. The molecule has 1 aliphatic carbocycles. The summed E-state index contributed by atoms with van der Waals surface area (Å²) in [5.41, 5.74) is 1.59. The van der Waals surface area contributed by atoms with Crippen molar-refractivity contribution in [2.24, 2.45) is 11.8 Å². The number of nitrogens with one attached hydrogen (secondary N) is 1. The van der Waals surface area contributed by atoms with Crippen molar-refractivity contribution in [3.63, 3.8) is 0 Å². The molecule has 1 aliphatic rings. The van der Waals surface area contributed by atoms with E-state index in [1.165, 1.54) is 17.5 Å². The Morgan fingerprint density at radius 2 is 2.14 bits per heavy atom. The predicted molar refractivity (Wildman–Crippen MR) is 113 cm³/mol. The van der Waals surface area contributed by atoms with Crippen LogP contribution in [-0.2, 0) is 11.3 Å². The third-order valence-corrected chi connectivity index (χ3v) is 7.15. The van der Waals surface area contributed by atoms with E-state index in [4.69, 9.17) is 0 Å². The van der Waals surface area contributed by atoms with E-state index in [-0.39, 0.29) is 17.5 Å². The van der Waals surface area contributed by atoms with Crippen molar-refractivity contribution in [2.45, 2.75) is 65.5 Å². The molecule has 0 aromatic carbocycles. The highest BCUT2D eigenvalue weighted by molar-refractivity contribution is 7.17. The highest BCUT2D eigenvalue weighted by atomic mass is 32.1. The van der Waals surface area contributed by atoms with Crippen molar-refractivity contribution in [3.05, 3.63) is 33.7 Å². The second kappa shape index (κ2) is 7.70. The van der Waals surface area contributed by atoms with Gasteiger partial charge in [0.15, 0.2) is 0 Å². The van der Waals surface area contributed by atoms with Crippen molar-refractivity contribution in [1.29, 1.82) is 0 Å². The first-order valence-corrected chi connectivity index (χ1v) is 11.1. The van der Waals surface area contributed by atoms with Crippen LogP contribution in [0.3, 0.4) is 0 Å². The van der Waals surface area contributed by atoms with Crippen LogP contribution in [0.4, 0.5) is 0 Å². The third kappa shape index (κ3) is 3.48. The molecule has 28 heavy (non-hydrogen) atoms. The van der Waals surface area contributed by atoms with Gasteiger partial charge in [-0.05, 0) is 49.1 Å². The van der Waals surface area contributed by atoms with Crippen LogP contribution in [0.1, 0.15) is 51.8 Å². The third-order valence-electron chi connectivity index (χ3n) is 6.29. The van der Waals surface area contributed by atoms with Crippen LogP contribution in [0.15, 0.2) is 22.3 Å². The molecule has 7 heteroatoms. The summed E-state index contributed by atoms with van der Waals surface area (Å²) in [5, 5.41) is 9.71. The Kier molecular flexibility index (Phi) is 5.27. The van der Waals surface area contributed by atoms with E-state index in [1.54, 1.807) is 11.3 Å². The predicted octanol–water partition coefficient (Wildman–Crippen LogP) is 3.74. The normalized spacial score (nSPS) is 22.8. The molecule has 4 rings (SSSR count). The maximum absolute atomic E-state index is 12.8. The van der Waals surface area contributed by atoms with E-state index in [1.807, 2.05) is 28.8 Å². The molecule has 0 radical (unpaired) electrons. The van der Waals surface area contributed by atoms with E-state index in [0.29, 0.717) is 36.7 Å². The van der Waals surface area contributed by atoms with Gasteiger partial charge in [0.2, 0.25) is 5.91 Å². The molecule has 0 unspecified atom stereocenters. The summed E-state index contributed by atoms with van der Waals surface area (Å²) in [4.78, 5) is 25.2. The van der Waals surface area contributed by atoms with Gasteiger partial charge in [0, 0.05) is 19.0 Å². The van der Waals surface area contributed by atoms with E-state index in [9.17, 15) is 9.59 Å². The quantitative estimate of drug-likeness (QED) is 0.709. The molecule has 3 aromatic heterocycles. The van der Waals surface area contributed by atoms with Gasteiger partial charge in [0.05, 0.1) is 10.2 Å². The second-order valence-corrected chi connectivity index (χ2v) is 9.10. The van der Waals surface area contributed by atoms with Crippen molar-refractivity contribution < 1.29 is 4.79 Å². The number of hydrogen-bond acceptors (Lipinski definition) is 4. The Hall–Kier alpha value is -2.15. The first kappa shape index (κ1) is 19.2. The number of thiophene rings is 1. The molecule has 3 heterocycles. The summed E-state index contributed by atoms with van der Waals surface area (Å²) < 4.78 is 4.52. The smallest absolute Gasteiger partial charge is 0.291 e. The maximum atomic E-state index is 12.8. The molecule has 1 saturated carbocycles. The van der Waals surface area contributed by atoms with Gasteiger partial charge in [-0.2, -0.15) is 5.10 Å². The minimum absolute atomic E-state index is 0.0833. The number of hydrogen-bond donors (Lipinski definition) is 1. The molecule has 0 aliphatic heterocycles. The lowest BCUT2D eigenvalue weighted by molar-refractivity contribution is -0.122. The molecule has 150 valence electrons. The van der Waals surface area contributed by atoms with Crippen LogP contribution in [0.25, 0.3) is 15.7 Å². The Bertz CT molecular complexity index is 1060. The molecule has 1 amide bonds. The van der Waals surface area contributed by atoms with Gasteiger partial charge in [-0.15, -0.1) is 11.3 Å². The summed E-state index contributed by atoms with van der Waals surface area (Å²) in [6.45, 7) is 6.88. The van der Waals surface area contributed by atoms with Crippen molar-refractivity contribution in [3.8, 4) is 0 Å². The first-order chi connectivity index (χ1) is 13.5. The SMILES string of the molecule is Cc1nn(CCCC(=O)N[C@@H]2CCC[C@H](C)[C@H]2C)c(=O)c2cc3sccc3n12. The zero-order chi connectivity index (χ0) is 19.8. The van der Waals surface area contributed by atoms with Gasteiger partial charge in [0.25, 0.3) is 5.56 Å². The molecule has 0 saturated heterocycles. The molecule has 3 atom stereocenters. The Morgan fingerprint density at radius 3 is 2.96 bits per heavy atom. The van der Waals surface area contributed by atoms with E-state index >= 15 is 0 Å². The summed E-state index contributed by atoms with van der Waals surface area (Å²) >= 11 is 1.63. The lowest BCUT2D eigenvalue weighted by atomic mass is 9.78. The fraction of sp³-hybridized carbons (Fsp3) is 0.571. The fourth-order valence-electron chi connectivity index (χ4n) is 4.43. The van der Waals surface area contributed by atoms with Gasteiger partial charge < -0.3 is 5.32 Å². The first-order valence-electron chi connectivity index (χ1n) is 10.2. The van der Waals surface area contributed by atoms with Crippen molar-refractivity contribution >= 4 is 33.0 Å². The largest absolute Gasteiger partial charge is 0.353 e. The molecule has 0 spiro atoms. The minimum Gasteiger partial charge on any atom is -0.353 e. The lowest BCUT2D eigenvalue weighted by Gasteiger charge is -2.34. The molecule has 3 aromatic rings. The molecular formula is C21H28N4O2S. The standard InChI is InChI=1S/C21H28N4O2S/c1-13-6-4-7-16(14(13)2)22-20(26)8-5-10-24-21(27)18-12-19-17(9-11-28-19)25(18)15(3)23-24/h9,11-14,16H,4-8,10H2,1-3H3,(H,22,26)/t13-,14+,16+/m0/s1. The monoisotopic (exact) mass is 400 g/mol. The Morgan fingerprint density at radius 1 is 1.32 bits per heavy atom. The Labute approximate surface area is 168 Å². The minimum atomic E-state index is -0.0934. The second-order valence-electron chi connectivity index (χ2n) is 8.16. The number of aromatic nitrogens is 3. The average molecular weight is 401 g/mol. The number of carbonyl (C=O) groups is 1. The lowest BCUT2D eigenvalue weighted by Crippen LogP contribution is -2.43. The number of rotatable bonds is 5. The van der Waals surface area contributed by atoms with Crippen LogP contribution >= 0.6 is 11.3 Å². The van der Waals surface area contributed by atoms with E-state index in [0.717, 1.165) is 22.5 Å². The molecule has 1 fully saturated rings. The average Bonchev–Trinajstić information content (AvgIpc) is 3.24. The fourth-order valence-corrected chi connectivity index (χ4v) is 5.24. The van der Waals surface area contributed by atoms with Crippen LogP contribution in [-0.4, -0.2) is 26.1 Å². The molecule has 1 N–H and O–H groups in total. The summed E-state index contributed by atoms with van der Waals surface area (Å²) in [6, 6.07) is 4.23. The van der Waals surface area contributed by atoms with Crippen LogP contribution in [0.2, 0.25) is 0 Å². The Balaban J connectivity index is 1.41.